The number of nitrogens with zero attached hydrogens (tertiary/aromatic N) is 2. The predicted octanol–water partition coefficient (Wildman–Crippen LogP) is 3.04. The molecule has 0 bridgehead atoms. The van der Waals surface area contributed by atoms with Gasteiger partial charge in [0.2, 0.25) is 5.91 Å². The molecule has 1 aromatic heterocycles. The second-order valence-electron chi connectivity index (χ2n) is 7.59. The molecule has 6 nitrogen and oxygen atoms in total. The van der Waals surface area contributed by atoms with Crippen LogP contribution in [0.1, 0.15) is 48.0 Å². The highest BCUT2D eigenvalue weighted by atomic mass is 19.1. The van der Waals surface area contributed by atoms with Crippen molar-refractivity contribution in [2.45, 2.75) is 50.4 Å². The van der Waals surface area contributed by atoms with E-state index in [9.17, 15) is 14.0 Å². The Morgan fingerprint density at radius 2 is 1.79 bits per heavy atom. The Balaban J connectivity index is 1.57. The molecule has 1 N–H and O–H groups in total. The van der Waals surface area contributed by atoms with Gasteiger partial charge in [-0.3, -0.25) is 19.5 Å². The second kappa shape index (κ2) is 8.29. The number of amides is 2. The molecule has 1 atom stereocenters. The molecule has 2 amide bonds. The van der Waals surface area contributed by atoms with Crippen LogP contribution in [0.15, 0.2) is 48.8 Å². The van der Waals surface area contributed by atoms with Crippen LogP contribution in [0.4, 0.5) is 4.39 Å². The number of pyridine rings is 1. The zero-order valence-electron chi connectivity index (χ0n) is 16.1. The highest BCUT2D eigenvalue weighted by Gasteiger charge is 2.52. The average Bonchev–Trinajstić information content (AvgIpc) is 3.11. The van der Waals surface area contributed by atoms with Gasteiger partial charge in [0.25, 0.3) is 5.91 Å². The molecule has 4 rings (SSSR count). The van der Waals surface area contributed by atoms with Crippen LogP contribution in [0.2, 0.25) is 0 Å². The van der Waals surface area contributed by atoms with Gasteiger partial charge in [-0.2, -0.15) is 0 Å². The maximum absolute atomic E-state index is 13.4. The normalized spacial score (nSPS) is 20.6. The van der Waals surface area contributed by atoms with Gasteiger partial charge in [-0.15, -0.1) is 0 Å². The molecule has 152 valence electrons. The van der Waals surface area contributed by atoms with Crippen molar-refractivity contribution in [2.24, 2.45) is 0 Å². The van der Waals surface area contributed by atoms with Gasteiger partial charge in [-0.05, 0) is 67.6 Å². The summed E-state index contributed by atoms with van der Waals surface area (Å²) in [5, 5.41) is 2.91. The van der Waals surface area contributed by atoms with Crippen molar-refractivity contribution in [2.75, 3.05) is 6.61 Å². The Morgan fingerprint density at radius 3 is 2.48 bits per heavy atom. The summed E-state index contributed by atoms with van der Waals surface area (Å²) in [6.07, 6.45) is 7.71. The molecule has 1 aliphatic heterocycles. The van der Waals surface area contributed by atoms with Gasteiger partial charge in [0.1, 0.15) is 17.6 Å². The smallest absolute Gasteiger partial charge is 0.256 e. The Hall–Kier alpha value is -2.80. The van der Waals surface area contributed by atoms with Crippen LogP contribution < -0.4 is 5.32 Å². The molecule has 2 aliphatic rings. The van der Waals surface area contributed by atoms with Crippen LogP contribution in [0.5, 0.6) is 0 Å². The lowest BCUT2D eigenvalue weighted by Gasteiger charge is -2.41. The predicted molar refractivity (Wildman–Crippen MR) is 104 cm³/mol. The lowest BCUT2D eigenvalue weighted by Crippen LogP contribution is -2.56. The van der Waals surface area contributed by atoms with Crippen molar-refractivity contribution in [3.05, 3.63) is 65.7 Å². The minimum Gasteiger partial charge on any atom is -0.353 e. The van der Waals surface area contributed by atoms with E-state index in [0.29, 0.717) is 24.9 Å². The van der Waals surface area contributed by atoms with Crippen molar-refractivity contribution < 1.29 is 18.7 Å². The number of carbonyl (C=O) groups is 2. The van der Waals surface area contributed by atoms with Crippen LogP contribution in [0.3, 0.4) is 0 Å². The van der Waals surface area contributed by atoms with Crippen LogP contribution in [-0.4, -0.2) is 40.1 Å². The largest absolute Gasteiger partial charge is 0.353 e. The zero-order valence-corrected chi connectivity index (χ0v) is 16.1. The molecule has 1 saturated carbocycles. The van der Waals surface area contributed by atoms with E-state index in [1.54, 1.807) is 17.3 Å². The molecule has 7 heteroatoms. The van der Waals surface area contributed by atoms with Gasteiger partial charge < -0.3 is 10.1 Å². The van der Waals surface area contributed by atoms with Gasteiger partial charge in [0, 0.05) is 24.5 Å². The van der Waals surface area contributed by atoms with Crippen molar-refractivity contribution in [3.63, 3.8) is 0 Å². The fourth-order valence-corrected chi connectivity index (χ4v) is 4.21. The number of ether oxygens (including phenoxy) is 1. The van der Waals surface area contributed by atoms with Gasteiger partial charge in [-0.1, -0.05) is 6.42 Å². The van der Waals surface area contributed by atoms with Crippen LogP contribution >= 0.6 is 0 Å². The summed E-state index contributed by atoms with van der Waals surface area (Å²) in [5.74, 6) is -0.952. The van der Waals surface area contributed by atoms with Crippen molar-refractivity contribution in [1.29, 1.82) is 0 Å². The number of rotatable bonds is 4. The highest BCUT2D eigenvalue weighted by Crippen LogP contribution is 2.41. The Kier molecular flexibility index (Phi) is 5.58. The highest BCUT2D eigenvalue weighted by molar-refractivity contribution is 5.98. The third-order valence-corrected chi connectivity index (χ3v) is 5.72. The molecular formula is C22H24FN3O3. The number of aromatic nitrogens is 1. The molecule has 2 heterocycles. The van der Waals surface area contributed by atoms with Gasteiger partial charge >= 0.3 is 0 Å². The third-order valence-electron chi connectivity index (χ3n) is 5.72. The van der Waals surface area contributed by atoms with Crippen LogP contribution in [0.25, 0.3) is 0 Å². The van der Waals surface area contributed by atoms with Crippen molar-refractivity contribution in [1.82, 2.24) is 15.2 Å². The monoisotopic (exact) mass is 397 g/mol. The van der Waals surface area contributed by atoms with E-state index >= 15 is 0 Å². The molecule has 1 unspecified atom stereocenters. The van der Waals surface area contributed by atoms with E-state index in [-0.39, 0.29) is 18.4 Å². The average molecular weight is 397 g/mol. The first kappa shape index (κ1) is 19.5. The Bertz CT molecular complexity index is 867. The molecule has 1 aliphatic carbocycles. The van der Waals surface area contributed by atoms with Gasteiger partial charge in [-0.25, -0.2) is 4.39 Å². The van der Waals surface area contributed by atoms with E-state index in [1.165, 1.54) is 24.3 Å². The molecule has 2 aromatic rings. The number of carbonyl (C=O) groups excluding carboxylic acids is 2. The number of hydrogen-bond donors (Lipinski definition) is 1. The third kappa shape index (κ3) is 4.00. The summed E-state index contributed by atoms with van der Waals surface area (Å²) >= 11 is 0. The van der Waals surface area contributed by atoms with E-state index in [0.717, 1.165) is 24.8 Å². The zero-order chi connectivity index (χ0) is 20.3. The summed E-state index contributed by atoms with van der Waals surface area (Å²) in [6, 6.07) is 8.38. The van der Waals surface area contributed by atoms with Gasteiger partial charge in [0.05, 0.1) is 6.61 Å². The Morgan fingerprint density at radius 1 is 1.10 bits per heavy atom. The summed E-state index contributed by atoms with van der Waals surface area (Å²) in [4.78, 5) is 31.9. The van der Waals surface area contributed by atoms with E-state index < -0.39 is 17.6 Å². The molecule has 0 radical (unpaired) electrons. The summed E-state index contributed by atoms with van der Waals surface area (Å²) in [7, 11) is 0. The fourth-order valence-electron chi connectivity index (χ4n) is 4.21. The molecule has 1 aromatic carbocycles. The van der Waals surface area contributed by atoms with E-state index in [1.807, 2.05) is 12.1 Å². The quantitative estimate of drug-likeness (QED) is 0.861. The minimum absolute atomic E-state index is 0.162. The van der Waals surface area contributed by atoms with Crippen LogP contribution in [0, 0.1) is 5.82 Å². The molecule has 1 saturated heterocycles. The number of benzene rings is 1. The fraction of sp³-hybridized carbons (Fsp3) is 0.409. The maximum atomic E-state index is 13.4. The molecular weight excluding hydrogens is 373 g/mol. The second-order valence-corrected chi connectivity index (χ2v) is 7.59. The number of nitrogens with one attached hydrogen (secondary N) is 1. The first-order valence-electron chi connectivity index (χ1n) is 9.99. The topological polar surface area (TPSA) is 71.5 Å². The number of halogens is 1. The van der Waals surface area contributed by atoms with E-state index in [2.05, 4.69) is 10.3 Å². The Labute approximate surface area is 169 Å². The summed E-state index contributed by atoms with van der Waals surface area (Å²) < 4.78 is 19.4. The standard InChI is InChI=1S/C22H24FN3O3/c23-18-6-4-17(5-7-18)21(28)26-19(15-29-22(26)10-2-1-3-11-22)20(27)25-14-16-8-12-24-13-9-16/h4-9,12-13,19H,1-3,10-11,14-15H2,(H,25,27). The van der Waals surface area contributed by atoms with Crippen molar-refractivity contribution >= 4 is 11.8 Å². The maximum Gasteiger partial charge on any atom is 0.256 e. The minimum atomic E-state index is -0.762. The molecule has 29 heavy (non-hydrogen) atoms. The molecule has 1 spiro atoms. The van der Waals surface area contributed by atoms with Gasteiger partial charge in [0.15, 0.2) is 0 Å². The lowest BCUT2D eigenvalue weighted by atomic mass is 9.89. The summed E-state index contributed by atoms with van der Waals surface area (Å²) in [6.45, 7) is 0.512. The summed E-state index contributed by atoms with van der Waals surface area (Å²) in [5.41, 5.74) is 0.521. The lowest BCUT2D eigenvalue weighted by molar-refractivity contribution is -0.127. The van der Waals surface area contributed by atoms with Crippen LogP contribution in [-0.2, 0) is 16.1 Å². The van der Waals surface area contributed by atoms with E-state index in [4.69, 9.17) is 4.74 Å². The number of hydrogen-bond acceptors (Lipinski definition) is 4. The van der Waals surface area contributed by atoms with Crippen molar-refractivity contribution in [3.8, 4) is 0 Å². The first-order chi connectivity index (χ1) is 14.1. The first-order valence-corrected chi connectivity index (χ1v) is 9.99. The SMILES string of the molecule is O=C(NCc1ccncc1)C1COC2(CCCCC2)N1C(=O)c1ccc(F)cc1. The molecule has 2 fully saturated rings.